The molecule has 5 nitrogen and oxygen atoms in total. The maximum Gasteiger partial charge on any atom is 0.131 e. The molecule has 0 saturated heterocycles. The zero-order valence-corrected chi connectivity index (χ0v) is 10.6. The number of nitrogens with two attached hydrogens (primary N) is 1. The van der Waals surface area contributed by atoms with Crippen LogP contribution in [0.4, 0.5) is 0 Å². The molecular weight excluding hydrogens is 228 g/mol. The normalized spacial score (nSPS) is 12.4. The summed E-state index contributed by atoms with van der Waals surface area (Å²) < 4.78 is 7.29. The fourth-order valence-electron chi connectivity index (χ4n) is 1.99. The molecule has 0 aliphatic heterocycles. The highest BCUT2D eigenvalue weighted by atomic mass is 16.5. The topological polar surface area (TPSA) is 65.1 Å². The first-order chi connectivity index (χ1) is 8.80. The molecule has 0 fully saturated rings. The number of hydrogen-bond donors (Lipinski definition) is 2. The fraction of sp³-hybridized carbons (Fsp3) is 0.308. The highest BCUT2D eigenvalue weighted by molar-refractivity contribution is 5.33. The SMILES string of the molecule is CCn1ccnc1C(NN)c1cccc(OC)c1. The van der Waals surface area contributed by atoms with Gasteiger partial charge in [-0.15, -0.1) is 0 Å². The third-order valence-electron chi connectivity index (χ3n) is 2.94. The number of nitrogens with zero attached hydrogens (tertiary/aromatic N) is 2. The van der Waals surface area contributed by atoms with Gasteiger partial charge in [0.1, 0.15) is 17.6 Å². The Balaban J connectivity index is 2.38. The van der Waals surface area contributed by atoms with Crippen LogP contribution in [0.3, 0.4) is 0 Å². The van der Waals surface area contributed by atoms with Crippen molar-refractivity contribution in [3.8, 4) is 5.75 Å². The Morgan fingerprint density at radius 1 is 1.50 bits per heavy atom. The van der Waals surface area contributed by atoms with Gasteiger partial charge in [0, 0.05) is 18.9 Å². The molecule has 1 atom stereocenters. The van der Waals surface area contributed by atoms with E-state index in [1.165, 1.54) is 0 Å². The Labute approximate surface area is 107 Å². The van der Waals surface area contributed by atoms with Gasteiger partial charge in [-0.3, -0.25) is 5.84 Å². The van der Waals surface area contributed by atoms with E-state index in [0.717, 1.165) is 23.7 Å². The van der Waals surface area contributed by atoms with Crippen molar-refractivity contribution in [1.29, 1.82) is 0 Å². The minimum absolute atomic E-state index is 0.143. The van der Waals surface area contributed by atoms with Crippen LogP contribution in [0, 0.1) is 0 Å². The summed E-state index contributed by atoms with van der Waals surface area (Å²) in [5.74, 6) is 7.37. The molecule has 96 valence electrons. The molecule has 0 radical (unpaired) electrons. The lowest BCUT2D eigenvalue weighted by atomic mass is 10.1. The zero-order valence-electron chi connectivity index (χ0n) is 10.6. The van der Waals surface area contributed by atoms with E-state index in [1.54, 1.807) is 13.3 Å². The molecule has 18 heavy (non-hydrogen) atoms. The predicted octanol–water partition coefficient (Wildman–Crippen LogP) is 1.46. The number of hydrogen-bond acceptors (Lipinski definition) is 4. The summed E-state index contributed by atoms with van der Waals surface area (Å²) in [6.45, 7) is 2.93. The van der Waals surface area contributed by atoms with Crippen molar-refractivity contribution in [2.24, 2.45) is 5.84 Å². The second-order valence-electron chi connectivity index (χ2n) is 3.95. The third kappa shape index (κ3) is 2.37. The summed E-state index contributed by atoms with van der Waals surface area (Å²) in [6.07, 6.45) is 3.73. The first kappa shape index (κ1) is 12.6. The van der Waals surface area contributed by atoms with Crippen LogP contribution < -0.4 is 16.0 Å². The number of hydrazine groups is 1. The van der Waals surface area contributed by atoms with E-state index in [9.17, 15) is 0 Å². The average Bonchev–Trinajstić information content (AvgIpc) is 2.88. The van der Waals surface area contributed by atoms with Crippen molar-refractivity contribution < 1.29 is 4.74 Å². The van der Waals surface area contributed by atoms with Crippen LogP contribution in [0.5, 0.6) is 5.75 Å². The highest BCUT2D eigenvalue weighted by Gasteiger charge is 2.17. The second kappa shape index (κ2) is 5.66. The summed E-state index contributed by atoms with van der Waals surface area (Å²) in [6, 6.07) is 7.66. The lowest BCUT2D eigenvalue weighted by Crippen LogP contribution is -2.31. The summed E-state index contributed by atoms with van der Waals surface area (Å²) in [5, 5.41) is 0. The van der Waals surface area contributed by atoms with Crippen molar-refractivity contribution in [3.05, 3.63) is 48.0 Å². The molecule has 0 bridgehead atoms. The van der Waals surface area contributed by atoms with E-state index in [4.69, 9.17) is 10.6 Å². The number of benzene rings is 1. The minimum Gasteiger partial charge on any atom is -0.497 e. The van der Waals surface area contributed by atoms with Gasteiger partial charge >= 0.3 is 0 Å². The monoisotopic (exact) mass is 246 g/mol. The predicted molar refractivity (Wildman–Crippen MR) is 70.1 cm³/mol. The van der Waals surface area contributed by atoms with Gasteiger partial charge in [0.05, 0.1) is 7.11 Å². The van der Waals surface area contributed by atoms with Crippen molar-refractivity contribution in [2.75, 3.05) is 7.11 Å². The number of rotatable bonds is 5. The minimum atomic E-state index is -0.143. The van der Waals surface area contributed by atoms with Gasteiger partial charge in [-0.05, 0) is 24.6 Å². The molecule has 2 rings (SSSR count). The standard InChI is InChI=1S/C13H18N4O/c1-3-17-8-7-15-13(17)12(16-14)10-5-4-6-11(9-10)18-2/h4-9,12,16H,3,14H2,1-2H3. The fourth-order valence-corrected chi connectivity index (χ4v) is 1.99. The van der Waals surface area contributed by atoms with Crippen LogP contribution in [-0.4, -0.2) is 16.7 Å². The average molecular weight is 246 g/mol. The zero-order chi connectivity index (χ0) is 13.0. The quantitative estimate of drug-likeness (QED) is 0.619. The van der Waals surface area contributed by atoms with Gasteiger partial charge in [0.2, 0.25) is 0 Å². The maximum atomic E-state index is 5.67. The largest absolute Gasteiger partial charge is 0.497 e. The van der Waals surface area contributed by atoms with E-state index in [0.29, 0.717) is 0 Å². The maximum absolute atomic E-state index is 5.67. The highest BCUT2D eigenvalue weighted by Crippen LogP contribution is 2.23. The number of ether oxygens (including phenoxy) is 1. The Morgan fingerprint density at radius 3 is 3.00 bits per heavy atom. The van der Waals surface area contributed by atoms with Crippen LogP contribution in [0.1, 0.15) is 24.4 Å². The Kier molecular flexibility index (Phi) is 3.96. The molecule has 0 saturated carbocycles. The van der Waals surface area contributed by atoms with Gasteiger partial charge in [-0.2, -0.15) is 0 Å². The van der Waals surface area contributed by atoms with E-state index in [1.807, 2.05) is 30.5 Å². The number of nitrogens with one attached hydrogen (secondary N) is 1. The Morgan fingerprint density at radius 2 is 2.33 bits per heavy atom. The second-order valence-corrected chi connectivity index (χ2v) is 3.95. The lowest BCUT2D eigenvalue weighted by molar-refractivity contribution is 0.413. The van der Waals surface area contributed by atoms with Gasteiger partial charge in [-0.1, -0.05) is 12.1 Å². The lowest BCUT2D eigenvalue weighted by Gasteiger charge is -2.17. The summed E-state index contributed by atoms with van der Waals surface area (Å²) in [5.41, 5.74) is 3.83. The van der Waals surface area contributed by atoms with Gasteiger partial charge in [0.25, 0.3) is 0 Å². The van der Waals surface area contributed by atoms with Crippen LogP contribution in [0.25, 0.3) is 0 Å². The molecule has 5 heteroatoms. The first-order valence-electron chi connectivity index (χ1n) is 5.91. The molecule has 1 aromatic carbocycles. The van der Waals surface area contributed by atoms with E-state index in [-0.39, 0.29) is 6.04 Å². The number of methoxy groups -OCH3 is 1. The molecule has 2 aromatic rings. The summed E-state index contributed by atoms with van der Waals surface area (Å²) >= 11 is 0. The van der Waals surface area contributed by atoms with Crippen LogP contribution in [0.15, 0.2) is 36.7 Å². The van der Waals surface area contributed by atoms with Gasteiger partial charge < -0.3 is 9.30 Å². The Bertz CT molecular complexity index is 509. The van der Waals surface area contributed by atoms with Crippen molar-refractivity contribution in [1.82, 2.24) is 15.0 Å². The molecule has 1 heterocycles. The van der Waals surface area contributed by atoms with E-state index in [2.05, 4.69) is 21.9 Å². The van der Waals surface area contributed by atoms with Gasteiger partial charge in [-0.25, -0.2) is 10.4 Å². The van der Waals surface area contributed by atoms with E-state index < -0.39 is 0 Å². The van der Waals surface area contributed by atoms with Crippen molar-refractivity contribution >= 4 is 0 Å². The van der Waals surface area contributed by atoms with Crippen LogP contribution in [0.2, 0.25) is 0 Å². The molecule has 1 aromatic heterocycles. The number of aromatic nitrogens is 2. The number of imidazole rings is 1. The summed E-state index contributed by atoms with van der Waals surface area (Å²) in [7, 11) is 1.65. The van der Waals surface area contributed by atoms with E-state index >= 15 is 0 Å². The van der Waals surface area contributed by atoms with Crippen LogP contribution in [-0.2, 0) is 6.54 Å². The molecule has 0 amide bonds. The molecule has 0 aliphatic carbocycles. The summed E-state index contributed by atoms with van der Waals surface area (Å²) in [4.78, 5) is 4.37. The molecule has 1 unspecified atom stereocenters. The third-order valence-corrected chi connectivity index (χ3v) is 2.94. The molecule has 0 aliphatic rings. The van der Waals surface area contributed by atoms with Crippen molar-refractivity contribution in [2.45, 2.75) is 19.5 Å². The molecule has 0 spiro atoms. The number of aryl methyl sites for hydroxylation is 1. The first-order valence-corrected chi connectivity index (χ1v) is 5.91. The molecular formula is C13H18N4O. The Hall–Kier alpha value is -1.85. The van der Waals surface area contributed by atoms with Gasteiger partial charge in [0.15, 0.2) is 0 Å². The van der Waals surface area contributed by atoms with Crippen molar-refractivity contribution in [3.63, 3.8) is 0 Å². The van der Waals surface area contributed by atoms with Crippen LogP contribution >= 0.6 is 0 Å². The molecule has 3 N–H and O–H groups in total. The smallest absolute Gasteiger partial charge is 0.131 e.